The maximum Gasteiger partial charge on any atom is 0.264 e. The number of anilines is 2. The molecule has 2 aliphatic heterocycles. The number of hydrogen-bond donors (Lipinski definition) is 0. The van der Waals surface area contributed by atoms with Crippen LogP contribution in [0.5, 0.6) is 5.75 Å². The Morgan fingerprint density at radius 3 is 2.65 bits per heavy atom. The zero-order chi connectivity index (χ0) is 18.1. The second kappa shape index (κ2) is 7.19. The average molecular weight is 372 g/mol. The number of carbonyl (C=O) groups excluding carboxylic acids is 1. The van der Waals surface area contributed by atoms with Gasteiger partial charge in [0.1, 0.15) is 5.75 Å². The molecule has 0 unspecified atom stereocenters. The van der Waals surface area contributed by atoms with Crippen LogP contribution in [0.3, 0.4) is 0 Å². The van der Waals surface area contributed by atoms with E-state index in [9.17, 15) is 4.79 Å². The minimum absolute atomic E-state index is 0.183. The van der Waals surface area contributed by atoms with Crippen molar-refractivity contribution in [3.8, 4) is 5.75 Å². The van der Waals surface area contributed by atoms with Crippen LogP contribution in [-0.4, -0.2) is 57.7 Å². The number of methoxy groups -OCH3 is 1. The molecule has 0 saturated carbocycles. The predicted octanol–water partition coefficient (Wildman–Crippen LogP) is 3.10. The van der Waals surface area contributed by atoms with Crippen molar-refractivity contribution in [2.24, 2.45) is 0 Å². The third-order valence-corrected chi connectivity index (χ3v) is 6.55. The van der Waals surface area contributed by atoms with Gasteiger partial charge in [-0.05, 0) is 36.6 Å². The fraction of sp³-hybridized carbons (Fsp3) is 0.450. The Hall–Kier alpha value is -2.21. The largest absolute Gasteiger partial charge is 0.497 e. The van der Waals surface area contributed by atoms with Crippen LogP contribution in [0.2, 0.25) is 0 Å². The normalized spacial score (nSPS) is 17.2. The molecule has 2 aliphatic rings. The fourth-order valence-electron chi connectivity index (χ4n) is 3.77. The topological polar surface area (TPSA) is 36.0 Å². The Bertz CT molecular complexity index is 796. The van der Waals surface area contributed by atoms with E-state index in [1.165, 1.54) is 17.0 Å². The zero-order valence-electron chi connectivity index (χ0n) is 15.4. The van der Waals surface area contributed by atoms with Crippen LogP contribution < -0.4 is 14.5 Å². The molecule has 4 rings (SSSR count). The van der Waals surface area contributed by atoms with Crippen LogP contribution in [0.25, 0.3) is 0 Å². The van der Waals surface area contributed by atoms with Crippen molar-refractivity contribution < 1.29 is 9.53 Å². The van der Waals surface area contributed by atoms with Crippen LogP contribution in [0.1, 0.15) is 21.7 Å². The lowest BCUT2D eigenvalue weighted by molar-refractivity contribution is 0.0751. The molecule has 0 bridgehead atoms. The molecular formula is C20H25N3O2S. The number of piperazine rings is 1. The van der Waals surface area contributed by atoms with Crippen molar-refractivity contribution in [2.75, 3.05) is 56.7 Å². The summed E-state index contributed by atoms with van der Waals surface area (Å²) >= 11 is 1.65. The molecule has 0 N–H and O–H groups in total. The van der Waals surface area contributed by atoms with Crippen molar-refractivity contribution in [2.45, 2.75) is 12.8 Å². The van der Waals surface area contributed by atoms with E-state index in [0.717, 1.165) is 55.5 Å². The predicted molar refractivity (Wildman–Crippen MR) is 107 cm³/mol. The van der Waals surface area contributed by atoms with Crippen molar-refractivity contribution >= 4 is 27.9 Å². The molecule has 6 heteroatoms. The number of hydrogen-bond acceptors (Lipinski definition) is 5. The molecule has 26 heavy (non-hydrogen) atoms. The summed E-state index contributed by atoms with van der Waals surface area (Å²) < 4.78 is 5.32. The first-order valence-electron chi connectivity index (χ1n) is 9.18. The van der Waals surface area contributed by atoms with Crippen LogP contribution in [0, 0.1) is 0 Å². The van der Waals surface area contributed by atoms with E-state index in [-0.39, 0.29) is 5.91 Å². The van der Waals surface area contributed by atoms with Crippen LogP contribution in [0.4, 0.5) is 10.7 Å². The summed E-state index contributed by atoms with van der Waals surface area (Å²) in [5.74, 6) is 1.05. The van der Waals surface area contributed by atoms with Gasteiger partial charge in [0, 0.05) is 51.5 Å². The molecule has 0 aliphatic carbocycles. The summed E-state index contributed by atoms with van der Waals surface area (Å²) in [5.41, 5.74) is 2.49. The number of aryl methyl sites for hydroxylation is 1. The van der Waals surface area contributed by atoms with E-state index < -0.39 is 0 Å². The van der Waals surface area contributed by atoms with Gasteiger partial charge in [0.15, 0.2) is 0 Å². The molecule has 1 fully saturated rings. The Balaban J connectivity index is 1.42. The van der Waals surface area contributed by atoms with Crippen LogP contribution in [-0.2, 0) is 6.42 Å². The quantitative estimate of drug-likeness (QED) is 0.831. The van der Waals surface area contributed by atoms with Gasteiger partial charge in [-0.25, -0.2) is 0 Å². The summed E-state index contributed by atoms with van der Waals surface area (Å²) in [6.45, 7) is 4.30. The van der Waals surface area contributed by atoms with Gasteiger partial charge in [0.05, 0.1) is 17.0 Å². The van der Waals surface area contributed by atoms with E-state index in [1.807, 2.05) is 17.0 Å². The lowest BCUT2D eigenvalue weighted by Crippen LogP contribution is -2.48. The molecule has 3 heterocycles. The smallest absolute Gasteiger partial charge is 0.264 e. The van der Waals surface area contributed by atoms with Crippen molar-refractivity contribution in [1.29, 1.82) is 0 Å². The van der Waals surface area contributed by atoms with Gasteiger partial charge in [-0.3, -0.25) is 4.79 Å². The molecule has 0 radical (unpaired) electrons. The number of ether oxygens (including phenoxy) is 1. The summed E-state index contributed by atoms with van der Waals surface area (Å²) in [4.78, 5) is 20.4. The Morgan fingerprint density at radius 2 is 1.92 bits per heavy atom. The van der Waals surface area contributed by atoms with Gasteiger partial charge in [0.2, 0.25) is 0 Å². The van der Waals surface area contributed by atoms with Crippen molar-refractivity contribution in [3.05, 3.63) is 40.8 Å². The highest BCUT2D eigenvalue weighted by Crippen LogP contribution is 2.35. The first-order chi connectivity index (χ1) is 12.7. The molecule has 1 saturated heterocycles. The maximum atomic E-state index is 12.9. The van der Waals surface area contributed by atoms with Gasteiger partial charge in [-0.2, -0.15) is 0 Å². The summed E-state index contributed by atoms with van der Waals surface area (Å²) in [6.07, 6.45) is 2.26. The fourth-order valence-corrected chi connectivity index (χ4v) is 4.93. The number of nitrogens with zero attached hydrogens (tertiary/aromatic N) is 3. The summed E-state index contributed by atoms with van der Waals surface area (Å²) in [7, 11) is 3.81. The SMILES string of the molecule is COc1cccc(N2CCN(C(=O)c3cc4c(s3)N(C)CCC4)CC2)c1. The van der Waals surface area contributed by atoms with Gasteiger partial charge < -0.3 is 19.4 Å². The number of thiophene rings is 1. The molecular weight excluding hydrogens is 346 g/mol. The third-order valence-electron chi connectivity index (χ3n) is 5.27. The average Bonchev–Trinajstić information content (AvgIpc) is 3.13. The van der Waals surface area contributed by atoms with Gasteiger partial charge >= 0.3 is 0 Å². The second-order valence-corrected chi connectivity index (χ2v) is 7.98. The number of fused-ring (bicyclic) bond motifs is 1. The van der Waals surface area contributed by atoms with Crippen molar-refractivity contribution in [1.82, 2.24) is 4.90 Å². The van der Waals surface area contributed by atoms with Crippen LogP contribution in [0.15, 0.2) is 30.3 Å². The third kappa shape index (κ3) is 3.26. The van der Waals surface area contributed by atoms with Gasteiger partial charge in [-0.15, -0.1) is 11.3 Å². The summed E-state index contributed by atoms with van der Waals surface area (Å²) in [5, 5.41) is 1.27. The van der Waals surface area contributed by atoms with Crippen molar-refractivity contribution in [3.63, 3.8) is 0 Å². The molecule has 2 aromatic rings. The first-order valence-corrected chi connectivity index (χ1v) is 9.99. The van der Waals surface area contributed by atoms with E-state index in [2.05, 4.69) is 35.0 Å². The first kappa shape index (κ1) is 17.2. The number of rotatable bonds is 3. The zero-order valence-corrected chi connectivity index (χ0v) is 16.2. The highest BCUT2D eigenvalue weighted by Gasteiger charge is 2.26. The molecule has 5 nitrogen and oxygen atoms in total. The molecule has 0 spiro atoms. The molecule has 0 atom stereocenters. The Kier molecular flexibility index (Phi) is 4.76. The lowest BCUT2D eigenvalue weighted by atomic mass is 10.1. The van der Waals surface area contributed by atoms with E-state index in [4.69, 9.17) is 4.74 Å². The molecule has 1 aromatic carbocycles. The van der Waals surface area contributed by atoms with Gasteiger partial charge in [-0.1, -0.05) is 6.07 Å². The minimum atomic E-state index is 0.183. The van der Waals surface area contributed by atoms with E-state index in [1.54, 1.807) is 18.4 Å². The lowest BCUT2D eigenvalue weighted by Gasteiger charge is -2.36. The number of amides is 1. The Labute approximate surface area is 158 Å². The van der Waals surface area contributed by atoms with Gasteiger partial charge in [0.25, 0.3) is 5.91 Å². The highest BCUT2D eigenvalue weighted by atomic mass is 32.1. The number of benzene rings is 1. The summed E-state index contributed by atoms with van der Waals surface area (Å²) in [6, 6.07) is 10.2. The maximum absolute atomic E-state index is 12.9. The standard InChI is InChI=1S/C20H25N3O2S/c1-21-8-4-5-15-13-18(26-20(15)21)19(24)23-11-9-22(10-12-23)16-6-3-7-17(14-16)25-2/h3,6-7,13-14H,4-5,8-12H2,1-2H3. The minimum Gasteiger partial charge on any atom is -0.497 e. The van der Waals surface area contributed by atoms with Crippen LogP contribution >= 0.6 is 11.3 Å². The van der Waals surface area contributed by atoms with E-state index >= 15 is 0 Å². The second-order valence-electron chi connectivity index (χ2n) is 6.95. The van der Waals surface area contributed by atoms with E-state index in [0.29, 0.717) is 0 Å². The number of carbonyl (C=O) groups is 1. The molecule has 1 amide bonds. The molecule has 1 aromatic heterocycles. The highest BCUT2D eigenvalue weighted by molar-refractivity contribution is 7.18. The Morgan fingerprint density at radius 1 is 1.12 bits per heavy atom. The monoisotopic (exact) mass is 371 g/mol. The molecule has 138 valence electrons.